The Labute approximate surface area is 176 Å². The first-order valence-electron chi connectivity index (χ1n) is 9.78. The van der Waals surface area contributed by atoms with Crippen LogP contribution in [0.1, 0.15) is 16.7 Å². The molecule has 2 aromatic rings. The van der Waals surface area contributed by atoms with Crippen molar-refractivity contribution in [2.45, 2.75) is 19.6 Å². The molecule has 0 aliphatic carbocycles. The first kappa shape index (κ1) is 21.7. The number of hydrogen-bond donors (Lipinski definition) is 1. The van der Waals surface area contributed by atoms with Crippen molar-refractivity contribution in [2.24, 2.45) is 0 Å². The zero-order chi connectivity index (χ0) is 20.6. The smallest absolute Gasteiger partial charge is 0.234 e. The maximum atomic E-state index is 13.9. The van der Waals surface area contributed by atoms with Crippen LogP contribution >= 0.6 is 11.6 Å². The zero-order valence-electron chi connectivity index (χ0n) is 16.7. The highest BCUT2D eigenvalue weighted by molar-refractivity contribution is 6.31. The Bertz CT molecular complexity index is 807. The molecule has 0 unspecified atom stereocenters. The number of nitrogens with zero attached hydrogens (tertiary/aromatic N) is 2. The van der Waals surface area contributed by atoms with Gasteiger partial charge in [0.15, 0.2) is 0 Å². The van der Waals surface area contributed by atoms with Gasteiger partial charge < -0.3 is 10.1 Å². The van der Waals surface area contributed by atoms with Crippen LogP contribution in [0.25, 0.3) is 0 Å². The molecule has 29 heavy (non-hydrogen) atoms. The summed E-state index contributed by atoms with van der Waals surface area (Å²) >= 11 is 6.07. The predicted octanol–water partition coefficient (Wildman–Crippen LogP) is 3.06. The number of morpholine rings is 1. The summed E-state index contributed by atoms with van der Waals surface area (Å²) in [6.07, 6.45) is 0. The van der Waals surface area contributed by atoms with Crippen molar-refractivity contribution in [2.75, 3.05) is 39.9 Å². The van der Waals surface area contributed by atoms with E-state index >= 15 is 0 Å². The topological polar surface area (TPSA) is 44.8 Å². The maximum absolute atomic E-state index is 13.9. The fourth-order valence-electron chi connectivity index (χ4n) is 3.39. The molecule has 5 nitrogen and oxygen atoms in total. The number of nitrogens with one attached hydrogen (secondary N) is 1. The Balaban J connectivity index is 1.51. The van der Waals surface area contributed by atoms with E-state index in [9.17, 15) is 9.18 Å². The Morgan fingerprint density at radius 3 is 2.62 bits per heavy atom. The van der Waals surface area contributed by atoms with E-state index in [1.54, 1.807) is 24.1 Å². The first-order chi connectivity index (χ1) is 14.0. The normalized spacial score (nSPS) is 14.9. The van der Waals surface area contributed by atoms with Gasteiger partial charge in [0.05, 0.1) is 19.8 Å². The van der Waals surface area contributed by atoms with Crippen molar-refractivity contribution in [3.05, 3.63) is 70.0 Å². The molecule has 3 rings (SSSR count). The van der Waals surface area contributed by atoms with Crippen molar-refractivity contribution in [3.63, 3.8) is 0 Å². The maximum Gasteiger partial charge on any atom is 0.234 e. The summed E-state index contributed by atoms with van der Waals surface area (Å²) in [5.74, 6) is -0.470. The third-order valence-electron chi connectivity index (χ3n) is 5.00. The average Bonchev–Trinajstić information content (AvgIpc) is 2.71. The van der Waals surface area contributed by atoms with Crippen LogP contribution < -0.4 is 5.32 Å². The highest BCUT2D eigenvalue weighted by Gasteiger charge is 2.15. The number of ether oxygens (including phenoxy) is 1. The number of hydrogen-bond acceptors (Lipinski definition) is 4. The molecule has 0 atom stereocenters. The number of benzene rings is 2. The van der Waals surface area contributed by atoms with E-state index < -0.39 is 0 Å². The van der Waals surface area contributed by atoms with E-state index in [2.05, 4.69) is 16.3 Å². The molecule has 1 fully saturated rings. The second-order valence-electron chi connectivity index (χ2n) is 7.31. The number of likely N-dealkylation sites (N-methyl/N-ethyl adjacent to an activating group) is 1. The summed E-state index contributed by atoms with van der Waals surface area (Å²) in [7, 11) is 1.77. The summed E-state index contributed by atoms with van der Waals surface area (Å²) in [5, 5.41) is 3.34. The van der Waals surface area contributed by atoms with Gasteiger partial charge in [-0.1, -0.05) is 41.9 Å². The quantitative estimate of drug-likeness (QED) is 0.714. The lowest BCUT2D eigenvalue weighted by Crippen LogP contribution is -2.36. The number of carbonyl (C=O) groups excluding carboxylic acids is 1. The van der Waals surface area contributed by atoms with Crippen LogP contribution in [-0.2, 0) is 29.2 Å². The molecule has 0 radical (unpaired) electrons. The molecule has 1 aliphatic rings. The van der Waals surface area contributed by atoms with Crippen LogP contribution in [0.3, 0.4) is 0 Å². The molecule has 1 heterocycles. The van der Waals surface area contributed by atoms with Gasteiger partial charge in [0.1, 0.15) is 5.82 Å². The van der Waals surface area contributed by atoms with E-state index in [0.29, 0.717) is 17.1 Å². The average molecular weight is 420 g/mol. The summed E-state index contributed by atoms with van der Waals surface area (Å²) < 4.78 is 19.3. The van der Waals surface area contributed by atoms with E-state index in [1.807, 2.05) is 18.2 Å². The Morgan fingerprint density at radius 1 is 1.17 bits per heavy atom. The molecule has 1 amide bonds. The molecule has 1 saturated heterocycles. The summed E-state index contributed by atoms with van der Waals surface area (Å²) in [5.41, 5.74) is 2.72. The molecule has 2 aromatic carbocycles. The number of carbonyl (C=O) groups is 1. The minimum atomic E-state index is -0.359. The van der Waals surface area contributed by atoms with Crippen LogP contribution in [0.15, 0.2) is 42.5 Å². The highest BCUT2D eigenvalue weighted by Crippen LogP contribution is 2.20. The predicted molar refractivity (Wildman–Crippen MR) is 112 cm³/mol. The van der Waals surface area contributed by atoms with Crippen LogP contribution in [0.5, 0.6) is 0 Å². The largest absolute Gasteiger partial charge is 0.379 e. The lowest BCUT2D eigenvalue weighted by Gasteiger charge is -2.27. The monoisotopic (exact) mass is 419 g/mol. The van der Waals surface area contributed by atoms with Crippen molar-refractivity contribution < 1.29 is 13.9 Å². The fraction of sp³-hybridized carbons (Fsp3) is 0.409. The fourth-order valence-corrected chi connectivity index (χ4v) is 3.61. The van der Waals surface area contributed by atoms with Gasteiger partial charge in [-0.25, -0.2) is 4.39 Å². The molecular formula is C22H27ClFN3O2. The van der Waals surface area contributed by atoms with Gasteiger partial charge >= 0.3 is 0 Å². The van der Waals surface area contributed by atoms with Gasteiger partial charge in [-0.15, -0.1) is 0 Å². The molecule has 0 saturated carbocycles. The molecule has 156 valence electrons. The standard InChI is InChI=1S/C22H27ClFN3O2/c1-26(15-19-20(23)7-4-8-21(19)24)16-22(28)25-13-17-5-2-3-6-18(17)14-27-9-11-29-12-10-27/h2-8H,9-16H2,1H3,(H,25,28). The molecule has 1 aliphatic heterocycles. The zero-order valence-corrected chi connectivity index (χ0v) is 17.4. The SMILES string of the molecule is CN(CC(=O)NCc1ccccc1CN1CCOCC1)Cc1c(F)cccc1Cl. The molecule has 0 bridgehead atoms. The van der Waals surface area contributed by atoms with Crippen molar-refractivity contribution in [3.8, 4) is 0 Å². The van der Waals surface area contributed by atoms with Gasteiger partial charge in [0.25, 0.3) is 0 Å². The summed E-state index contributed by atoms with van der Waals surface area (Å²) in [6.45, 7) is 5.11. The van der Waals surface area contributed by atoms with Crippen molar-refractivity contribution in [1.29, 1.82) is 0 Å². The lowest BCUT2D eigenvalue weighted by atomic mass is 10.1. The van der Waals surface area contributed by atoms with Crippen molar-refractivity contribution in [1.82, 2.24) is 15.1 Å². The summed E-state index contributed by atoms with van der Waals surface area (Å²) in [6, 6.07) is 12.7. The van der Waals surface area contributed by atoms with E-state index in [0.717, 1.165) is 38.4 Å². The number of rotatable bonds is 8. The highest BCUT2D eigenvalue weighted by atomic mass is 35.5. The number of halogens is 2. The van der Waals surface area contributed by atoms with Crippen LogP contribution in [0.4, 0.5) is 4.39 Å². The molecule has 0 aromatic heterocycles. The Kier molecular flexibility index (Phi) is 8.00. The molecule has 7 heteroatoms. The van der Waals surface area contributed by atoms with Gasteiger partial charge in [-0.05, 0) is 30.3 Å². The third kappa shape index (κ3) is 6.51. The van der Waals surface area contributed by atoms with Crippen LogP contribution in [0.2, 0.25) is 5.02 Å². The second-order valence-corrected chi connectivity index (χ2v) is 7.71. The minimum Gasteiger partial charge on any atom is -0.379 e. The van der Waals surface area contributed by atoms with E-state index in [-0.39, 0.29) is 24.8 Å². The van der Waals surface area contributed by atoms with Crippen LogP contribution in [0, 0.1) is 5.82 Å². The van der Waals surface area contributed by atoms with Gasteiger partial charge in [0.2, 0.25) is 5.91 Å². The third-order valence-corrected chi connectivity index (χ3v) is 5.35. The van der Waals surface area contributed by atoms with Crippen LogP contribution in [-0.4, -0.2) is 55.6 Å². The molecule has 1 N–H and O–H groups in total. The van der Waals surface area contributed by atoms with Crippen molar-refractivity contribution >= 4 is 17.5 Å². The second kappa shape index (κ2) is 10.7. The minimum absolute atomic E-state index is 0.110. The van der Waals surface area contributed by atoms with E-state index in [1.165, 1.54) is 11.6 Å². The Hall–Kier alpha value is -1.99. The van der Waals surface area contributed by atoms with E-state index in [4.69, 9.17) is 16.3 Å². The van der Waals surface area contributed by atoms with Gasteiger partial charge in [-0.3, -0.25) is 14.6 Å². The first-order valence-corrected chi connectivity index (χ1v) is 10.2. The molecule has 0 spiro atoms. The lowest BCUT2D eigenvalue weighted by molar-refractivity contribution is -0.122. The number of amides is 1. The summed E-state index contributed by atoms with van der Waals surface area (Å²) in [4.78, 5) is 16.5. The van der Waals surface area contributed by atoms with Gasteiger partial charge in [-0.2, -0.15) is 0 Å². The molecular weight excluding hydrogens is 393 g/mol. The Morgan fingerprint density at radius 2 is 1.90 bits per heavy atom. The van der Waals surface area contributed by atoms with Gasteiger partial charge in [0, 0.05) is 43.3 Å².